The van der Waals surface area contributed by atoms with Crippen molar-refractivity contribution in [2.75, 3.05) is 11.6 Å². The number of benzene rings is 1. The van der Waals surface area contributed by atoms with Gasteiger partial charge in [-0.05, 0) is 18.2 Å². The van der Waals surface area contributed by atoms with Crippen LogP contribution in [0.15, 0.2) is 18.2 Å². The maximum Gasteiger partial charge on any atom is 0.335 e. The largest absolute Gasteiger partial charge is 0.596 e. The second kappa shape index (κ2) is 4.60. The van der Waals surface area contributed by atoms with Gasteiger partial charge in [0.15, 0.2) is 5.71 Å². The van der Waals surface area contributed by atoms with Gasteiger partial charge in [0.2, 0.25) is 0 Å². The van der Waals surface area contributed by atoms with Gasteiger partial charge in [0, 0.05) is 6.92 Å². The van der Waals surface area contributed by atoms with Crippen molar-refractivity contribution in [1.29, 1.82) is 0 Å². The SMILES string of the molecule is CC1=[N+]([O-])N(c2cc(C(=O)O)cc(C(=O)O)c2)CC1. The molecule has 0 aromatic heterocycles. The predicted molar refractivity (Wildman–Crippen MR) is 66.6 cm³/mol. The van der Waals surface area contributed by atoms with E-state index in [-0.39, 0.29) is 16.8 Å². The fourth-order valence-electron chi connectivity index (χ4n) is 1.90. The minimum absolute atomic E-state index is 0.159. The van der Waals surface area contributed by atoms with Crippen LogP contribution in [0.4, 0.5) is 5.69 Å². The standard InChI is InChI=1S/C12H12N2O5/c1-7-2-3-13(14(7)19)10-5-8(11(15)16)4-9(6-10)12(17)18/h4-6H,2-3H2,1H3,(H,15,16)(H,17,18). The number of carboxylic acid groups (broad SMARTS) is 2. The summed E-state index contributed by atoms with van der Waals surface area (Å²) in [5, 5.41) is 31.0. The van der Waals surface area contributed by atoms with Gasteiger partial charge in [0.1, 0.15) is 5.69 Å². The lowest BCUT2D eigenvalue weighted by Gasteiger charge is -2.17. The van der Waals surface area contributed by atoms with Crippen LogP contribution >= 0.6 is 0 Å². The summed E-state index contributed by atoms with van der Waals surface area (Å²) in [5.74, 6) is -2.47. The molecule has 2 N–H and O–H groups in total. The van der Waals surface area contributed by atoms with Gasteiger partial charge in [0.05, 0.1) is 24.1 Å². The number of hydrogen-bond donors (Lipinski definition) is 2. The Morgan fingerprint density at radius 1 is 1.21 bits per heavy atom. The van der Waals surface area contributed by atoms with E-state index in [1.165, 1.54) is 17.1 Å². The summed E-state index contributed by atoms with van der Waals surface area (Å²) in [6.07, 6.45) is 0.559. The Morgan fingerprint density at radius 3 is 2.11 bits per heavy atom. The maximum atomic E-state index is 11.8. The first kappa shape index (κ1) is 12.9. The minimum atomic E-state index is -1.23. The normalized spacial score (nSPS) is 14.9. The number of anilines is 1. The molecule has 0 aliphatic carbocycles. The molecule has 1 aromatic carbocycles. The van der Waals surface area contributed by atoms with Gasteiger partial charge in [0.25, 0.3) is 0 Å². The van der Waals surface area contributed by atoms with E-state index in [0.29, 0.717) is 23.5 Å². The molecule has 1 aliphatic rings. The van der Waals surface area contributed by atoms with Crippen LogP contribution in [-0.2, 0) is 0 Å². The van der Waals surface area contributed by atoms with Crippen molar-refractivity contribution >= 4 is 23.3 Å². The van der Waals surface area contributed by atoms with Crippen LogP contribution in [0.1, 0.15) is 34.1 Å². The number of carboxylic acids is 2. The van der Waals surface area contributed by atoms with Crippen molar-refractivity contribution in [2.45, 2.75) is 13.3 Å². The van der Waals surface area contributed by atoms with E-state index in [2.05, 4.69) is 0 Å². The topological polar surface area (TPSA) is 104 Å². The number of hydrazine groups is 1. The molecule has 1 heterocycles. The summed E-state index contributed by atoms with van der Waals surface area (Å²) in [5.41, 5.74) is 0.544. The third-order valence-corrected chi connectivity index (χ3v) is 2.94. The second-order valence-corrected chi connectivity index (χ2v) is 4.26. The Labute approximate surface area is 108 Å². The summed E-state index contributed by atoms with van der Waals surface area (Å²) >= 11 is 0. The van der Waals surface area contributed by atoms with Crippen LogP contribution in [0.25, 0.3) is 0 Å². The molecule has 7 heteroatoms. The number of hydrogen-bond acceptors (Lipinski definition) is 4. The summed E-state index contributed by atoms with van der Waals surface area (Å²) in [7, 11) is 0. The molecule has 0 bridgehead atoms. The van der Waals surface area contributed by atoms with E-state index in [0.717, 1.165) is 6.07 Å². The average Bonchev–Trinajstić information content (AvgIpc) is 2.69. The Bertz CT molecular complexity index is 562. The van der Waals surface area contributed by atoms with E-state index in [1.807, 2.05) is 0 Å². The third kappa shape index (κ3) is 2.35. The van der Waals surface area contributed by atoms with Gasteiger partial charge in [-0.25, -0.2) is 9.59 Å². The van der Waals surface area contributed by atoms with Gasteiger partial charge >= 0.3 is 11.9 Å². The fraction of sp³-hybridized carbons (Fsp3) is 0.250. The lowest BCUT2D eigenvalue weighted by atomic mass is 10.1. The monoisotopic (exact) mass is 264 g/mol. The van der Waals surface area contributed by atoms with Crippen molar-refractivity contribution < 1.29 is 24.6 Å². The number of aromatic carboxylic acids is 2. The number of nitrogens with zero attached hydrogens (tertiary/aromatic N) is 2. The molecule has 0 saturated carbocycles. The Balaban J connectivity index is 2.51. The molecule has 100 valence electrons. The highest BCUT2D eigenvalue weighted by molar-refractivity contribution is 5.95. The van der Waals surface area contributed by atoms with Crippen LogP contribution in [0, 0.1) is 5.21 Å². The third-order valence-electron chi connectivity index (χ3n) is 2.94. The Kier molecular flexibility index (Phi) is 3.12. The van der Waals surface area contributed by atoms with Gasteiger partial charge in [-0.15, -0.1) is 5.01 Å². The van der Waals surface area contributed by atoms with Gasteiger partial charge in [-0.3, -0.25) is 0 Å². The highest BCUT2D eigenvalue weighted by Crippen LogP contribution is 2.22. The molecule has 0 atom stereocenters. The number of hydrazone groups is 1. The number of carbonyl (C=O) groups is 2. The predicted octanol–water partition coefficient (Wildman–Crippen LogP) is 1.18. The van der Waals surface area contributed by atoms with E-state index in [1.54, 1.807) is 6.92 Å². The van der Waals surface area contributed by atoms with Crippen molar-refractivity contribution in [3.8, 4) is 0 Å². The molecule has 0 fully saturated rings. The van der Waals surface area contributed by atoms with Gasteiger partial charge < -0.3 is 15.4 Å². The molecule has 1 aliphatic heterocycles. The summed E-state index contributed by atoms with van der Waals surface area (Å²) in [6.45, 7) is 2.07. The van der Waals surface area contributed by atoms with Gasteiger partial charge in [-0.1, -0.05) is 4.85 Å². The average molecular weight is 264 g/mol. The molecule has 7 nitrogen and oxygen atoms in total. The highest BCUT2D eigenvalue weighted by Gasteiger charge is 2.26. The zero-order valence-corrected chi connectivity index (χ0v) is 10.2. The summed E-state index contributed by atoms with van der Waals surface area (Å²) < 4.78 is 0. The molecule has 0 spiro atoms. The van der Waals surface area contributed by atoms with Crippen LogP contribution in [-0.4, -0.2) is 39.3 Å². The van der Waals surface area contributed by atoms with E-state index >= 15 is 0 Å². The van der Waals surface area contributed by atoms with E-state index < -0.39 is 11.9 Å². The van der Waals surface area contributed by atoms with Crippen LogP contribution in [0.3, 0.4) is 0 Å². The highest BCUT2D eigenvalue weighted by atomic mass is 16.5. The smallest absolute Gasteiger partial charge is 0.335 e. The fourth-order valence-corrected chi connectivity index (χ4v) is 1.90. The van der Waals surface area contributed by atoms with Crippen molar-refractivity contribution in [1.82, 2.24) is 0 Å². The van der Waals surface area contributed by atoms with Crippen LogP contribution in [0.2, 0.25) is 0 Å². The van der Waals surface area contributed by atoms with Crippen LogP contribution in [0.5, 0.6) is 0 Å². The van der Waals surface area contributed by atoms with E-state index in [9.17, 15) is 14.8 Å². The first-order valence-corrected chi connectivity index (χ1v) is 5.59. The molecule has 19 heavy (non-hydrogen) atoms. The molecular weight excluding hydrogens is 252 g/mol. The molecule has 0 radical (unpaired) electrons. The molecule has 1 aromatic rings. The van der Waals surface area contributed by atoms with Crippen molar-refractivity contribution in [3.63, 3.8) is 0 Å². The molecule has 0 amide bonds. The van der Waals surface area contributed by atoms with Gasteiger partial charge in [-0.2, -0.15) is 0 Å². The quantitative estimate of drug-likeness (QED) is 0.627. The lowest BCUT2D eigenvalue weighted by Crippen LogP contribution is -2.28. The Hall–Kier alpha value is -2.57. The second-order valence-electron chi connectivity index (χ2n) is 4.26. The number of rotatable bonds is 3. The maximum absolute atomic E-state index is 11.8. The Morgan fingerprint density at radius 2 is 1.74 bits per heavy atom. The van der Waals surface area contributed by atoms with E-state index in [4.69, 9.17) is 10.2 Å². The van der Waals surface area contributed by atoms with Crippen molar-refractivity contribution in [2.24, 2.45) is 0 Å². The molecular formula is C12H12N2O5. The molecule has 2 rings (SSSR count). The zero-order chi connectivity index (χ0) is 14.2. The lowest BCUT2D eigenvalue weighted by molar-refractivity contribution is -0.464. The first-order chi connectivity index (χ1) is 8.90. The summed E-state index contributed by atoms with van der Waals surface area (Å²) in [6, 6.07) is 3.65. The molecule has 0 saturated heterocycles. The zero-order valence-electron chi connectivity index (χ0n) is 10.2. The molecule has 0 unspecified atom stereocenters. The van der Waals surface area contributed by atoms with Crippen molar-refractivity contribution in [3.05, 3.63) is 34.5 Å². The first-order valence-electron chi connectivity index (χ1n) is 5.59. The van der Waals surface area contributed by atoms with Crippen LogP contribution < -0.4 is 5.01 Å². The minimum Gasteiger partial charge on any atom is -0.596 e. The summed E-state index contributed by atoms with van der Waals surface area (Å²) in [4.78, 5) is 22.6.